The number of likely N-dealkylation sites (tertiary alicyclic amines) is 1. The minimum Gasteiger partial charge on any atom is -0.371 e. The highest BCUT2D eigenvalue weighted by molar-refractivity contribution is 5.81. The minimum absolute atomic E-state index is 0.359. The van der Waals surface area contributed by atoms with Crippen molar-refractivity contribution in [2.75, 3.05) is 13.1 Å². The zero-order chi connectivity index (χ0) is 20.3. The summed E-state index contributed by atoms with van der Waals surface area (Å²) in [5.74, 6) is 0. The first-order chi connectivity index (χ1) is 14.1. The van der Waals surface area contributed by atoms with Gasteiger partial charge in [0.05, 0.1) is 0 Å². The summed E-state index contributed by atoms with van der Waals surface area (Å²) < 4.78 is 0. The Bertz CT molecular complexity index is 968. The number of rotatable bonds is 5. The highest BCUT2D eigenvalue weighted by Gasteiger charge is 2.31. The maximum atomic E-state index is 4.54. The monoisotopic (exact) mass is 382 g/mol. The van der Waals surface area contributed by atoms with E-state index in [-0.39, 0.29) is 0 Å². The van der Waals surface area contributed by atoms with E-state index in [4.69, 9.17) is 0 Å². The van der Waals surface area contributed by atoms with Crippen LogP contribution in [0.5, 0.6) is 0 Å². The molecule has 0 amide bonds. The second kappa shape index (κ2) is 8.24. The molecule has 29 heavy (non-hydrogen) atoms. The summed E-state index contributed by atoms with van der Waals surface area (Å²) in [7, 11) is 0. The molecule has 0 N–H and O–H groups in total. The van der Waals surface area contributed by atoms with Crippen molar-refractivity contribution in [1.29, 1.82) is 0 Å². The molecule has 2 nitrogen and oxygen atoms in total. The van der Waals surface area contributed by atoms with Crippen LogP contribution < -0.4 is 0 Å². The van der Waals surface area contributed by atoms with Gasteiger partial charge in [0.15, 0.2) is 0 Å². The van der Waals surface area contributed by atoms with Crippen molar-refractivity contribution in [3.05, 3.63) is 96.3 Å². The molecule has 0 unspecified atom stereocenters. The van der Waals surface area contributed by atoms with E-state index in [1.54, 1.807) is 0 Å². The van der Waals surface area contributed by atoms with E-state index in [0.717, 1.165) is 25.2 Å². The molecule has 148 valence electrons. The molecule has 4 rings (SSSR count). The molecule has 0 bridgehead atoms. The van der Waals surface area contributed by atoms with E-state index in [2.05, 4.69) is 91.0 Å². The molecule has 0 aliphatic carbocycles. The first kappa shape index (κ1) is 19.4. The lowest BCUT2D eigenvalue weighted by atomic mass is 9.75. The van der Waals surface area contributed by atoms with E-state index >= 15 is 0 Å². The molecular formula is C27H30N2. The maximum absolute atomic E-state index is 4.54. The van der Waals surface area contributed by atoms with Gasteiger partial charge in [-0.05, 0) is 66.0 Å². The predicted octanol–water partition coefficient (Wildman–Crippen LogP) is 6.37. The van der Waals surface area contributed by atoms with Crippen LogP contribution in [0.15, 0.2) is 79.6 Å². The Hall–Kier alpha value is -2.87. The van der Waals surface area contributed by atoms with Crippen molar-refractivity contribution in [2.45, 2.75) is 33.1 Å². The Morgan fingerprint density at radius 3 is 2.34 bits per heavy atom. The summed E-state index contributed by atoms with van der Waals surface area (Å²) in [4.78, 5) is 6.66. The summed E-state index contributed by atoms with van der Waals surface area (Å²) in [5.41, 5.74) is 7.95. The standard InChI is InChI=1S/C27H30N2/c1-21-8-7-11-25(24-12-16-28-17-13-24)26(21)22(2)29-18-14-27(3,15-19-29)20-23-9-5-4-6-10-23/h4-13,16-17H,2,14-15,18-20H2,1,3H3. The second-order valence-corrected chi connectivity index (χ2v) is 8.64. The van der Waals surface area contributed by atoms with Crippen molar-refractivity contribution in [1.82, 2.24) is 9.88 Å². The lowest BCUT2D eigenvalue weighted by molar-refractivity contribution is 0.161. The number of nitrogens with zero attached hydrogens (tertiary/aromatic N) is 2. The van der Waals surface area contributed by atoms with Gasteiger partial charge in [0.25, 0.3) is 0 Å². The smallest absolute Gasteiger partial charge is 0.0375 e. The highest BCUT2D eigenvalue weighted by atomic mass is 15.1. The van der Waals surface area contributed by atoms with E-state index in [1.807, 2.05) is 12.4 Å². The van der Waals surface area contributed by atoms with Crippen LogP contribution in [-0.2, 0) is 6.42 Å². The molecule has 2 aromatic carbocycles. The third-order valence-corrected chi connectivity index (χ3v) is 6.38. The minimum atomic E-state index is 0.359. The topological polar surface area (TPSA) is 16.1 Å². The second-order valence-electron chi connectivity index (χ2n) is 8.64. The molecule has 0 atom stereocenters. The normalized spacial score (nSPS) is 15.9. The van der Waals surface area contributed by atoms with Crippen LogP contribution in [0.4, 0.5) is 0 Å². The molecule has 1 saturated heterocycles. The van der Waals surface area contributed by atoms with E-state index in [9.17, 15) is 0 Å². The number of benzene rings is 2. The average Bonchev–Trinajstić information content (AvgIpc) is 2.75. The van der Waals surface area contributed by atoms with Crippen molar-refractivity contribution in [3.63, 3.8) is 0 Å². The predicted molar refractivity (Wildman–Crippen MR) is 123 cm³/mol. The zero-order valence-corrected chi connectivity index (χ0v) is 17.6. The number of hydrogen-bond donors (Lipinski definition) is 0. The first-order valence-electron chi connectivity index (χ1n) is 10.5. The number of piperidine rings is 1. The van der Waals surface area contributed by atoms with Gasteiger partial charge in [-0.1, -0.05) is 62.0 Å². The summed E-state index contributed by atoms with van der Waals surface area (Å²) >= 11 is 0. The maximum Gasteiger partial charge on any atom is 0.0375 e. The van der Waals surface area contributed by atoms with Crippen molar-refractivity contribution >= 4 is 5.70 Å². The van der Waals surface area contributed by atoms with Crippen LogP contribution in [-0.4, -0.2) is 23.0 Å². The van der Waals surface area contributed by atoms with Crippen LogP contribution in [0.1, 0.15) is 36.5 Å². The number of hydrogen-bond acceptors (Lipinski definition) is 2. The Kier molecular flexibility index (Phi) is 5.53. The lowest BCUT2D eigenvalue weighted by Gasteiger charge is -2.42. The Morgan fingerprint density at radius 2 is 1.66 bits per heavy atom. The van der Waals surface area contributed by atoms with Crippen LogP contribution in [0.25, 0.3) is 16.8 Å². The summed E-state index contributed by atoms with van der Waals surface area (Å²) in [6.45, 7) is 11.3. The number of aryl methyl sites for hydroxylation is 1. The molecular weight excluding hydrogens is 352 g/mol. The van der Waals surface area contributed by atoms with Crippen LogP contribution in [0.3, 0.4) is 0 Å². The molecule has 1 aromatic heterocycles. The lowest BCUT2D eigenvalue weighted by Crippen LogP contribution is -2.38. The van der Waals surface area contributed by atoms with Crippen molar-refractivity contribution < 1.29 is 0 Å². The largest absolute Gasteiger partial charge is 0.371 e. The number of pyridine rings is 1. The molecule has 1 aliphatic heterocycles. The van der Waals surface area contributed by atoms with E-state index in [0.29, 0.717) is 5.41 Å². The van der Waals surface area contributed by atoms with Gasteiger partial charge in [-0.3, -0.25) is 4.98 Å². The van der Waals surface area contributed by atoms with Gasteiger partial charge < -0.3 is 4.90 Å². The van der Waals surface area contributed by atoms with Crippen LogP contribution >= 0.6 is 0 Å². The molecule has 1 fully saturated rings. The molecule has 0 spiro atoms. The molecule has 2 heteroatoms. The molecule has 0 saturated carbocycles. The summed E-state index contributed by atoms with van der Waals surface area (Å²) in [5, 5.41) is 0. The van der Waals surface area contributed by atoms with Gasteiger partial charge in [-0.2, -0.15) is 0 Å². The fourth-order valence-corrected chi connectivity index (χ4v) is 4.56. The Labute approximate surface area is 174 Å². The van der Waals surface area contributed by atoms with Gasteiger partial charge in [-0.25, -0.2) is 0 Å². The van der Waals surface area contributed by atoms with Gasteiger partial charge in [0.2, 0.25) is 0 Å². The van der Waals surface area contributed by atoms with E-state index in [1.165, 1.54) is 40.7 Å². The molecule has 3 aromatic rings. The van der Waals surface area contributed by atoms with Gasteiger partial charge >= 0.3 is 0 Å². The summed E-state index contributed by atoms with van der Waals surface area (Å²) in [6.07, 6.45) is 7.26. The van der Waals surface area contributed by atoms with E-state index < -0.39 is 0 Å². The van der Waals surface area contributed by atoms with Gasteiger partial charge in [0.1, 0.15) is 0 Å². The SMILES string of the molecule is C=C(c1c(C)cccc1-c1ccncc1)N1CCC(C)(Cc2ccccc2)CC1. The fourth-order valence-electron chi connectivity index (χ4n) is 4.56. The fraction of sp³-hybridized carbons (Fsp3) is 0.296. The average molecular weight is 383 g/mol. The quantitative estimate of drug-likeness (QED) is 0.509. The third kappa shape index (κ3) is 4.27. The molecule has 2 heterocycles. The molecule has 0 radical (unpaired) electrons. The number of aromatic nitrogens is 1. The van der Waals surface area contributed by atoms with Crippen molar-refractivity contribution in [3.8, 4) is 11.1 Å². The van der Waals surface area contributed by atoms with Crippen molar-refractivity contribution in [2.24, 2.45) is 5.41 Å². The third-order valence-electron chi connectivity index (χ3n) is 6.38. The van der Waals surface area contributed by atoms with Gasteiger partial charge in [0, 0.05) is 36.7 Å². The van der Waals surface area contributed by atoms with Gasteiger partial charge in [-0.15, -0.1) is 0 Å². The molecule has 1 aliphatic rings. The Balaban J connectivity index is 1.52. The van der Waals surface area contributed by atoms with Crippen LogP contribution in [0.2, 0.25) is 0 Å². The highest BCUT2D eigenvalue weighted by Crippen LogP contribution is 2.39. The first-order valence-corrected chi connectivity index (χ1v) is 10.5. The zero-order valence-electron chi connectivity index (χ0n) is 17.6. The van der Waals surface area contributed by atoms with Crippen LogP contribution in [0, 0.1) is 12.3 Å². The Morgan fingerprint density at radius 1 is 0.966 bits per heavy atom. The summed E-state index contributed by atoms with van der Waals surface area (Å²) in [6, 6.07) is 21.6.